The Labute approximate surface area is 81.4 Å². The lowest BCUT2D eigenvalue weighted by Crippen LogP contribution is -2.15. The minimum Gasteiger partial charge on any atom is -0.481 e. The standard InChI is InChI=1S/C9H13NO2S/c11-9(12)2-1-4-10-6-8-3-5-13-7-8/h3,5,7,10H,1-2,4,6H2,(H,11,12). The fourth-order valence-electron chi connectivity index (χ4n) is 0.991. The number of carboxylic acid groups (broad SMARTS) is 1. The highest BCUT2D eigenvalue weighted by Crippen LogP contribution is 2.04. The van der Waals surface area contributed by atoms with Gasteiger partial charge in [0, 0.05) is 13.0 Å². The van der Waals surface area contributed by atoms with Gasteiger partial charge in [0.15, 0.2) is 0 Å². The second-order valence-corrected chi connectivity index (χ2v) is 3.59. The Balaban J connectivity index is 1.99. The summed E-state index contributed by atoms with van der Waals surface area (Å²) >= 11 is 1.67. The summed E-state index contributed by atoms with van der Waals surface area (Å²) in [5.41, 5.74) is 1.26. The fourth-order valence-corrected chi connectivity index (χ4v) is 1.66. The van der Waals surface area contributed by atoms with Crippen molar-refractivity contribution in [3.63, 3.8) is 0 Å². The number of nitrogens with one attached hydrogen (secondary N) is 1. The molecular weight excluding hydrogens is 186 g/mol. The first-order chi connectivity index (χ1) is 6.29. The molecule has 0 radical (unpaired) electrons. The Morgan fingerprint density at radius 1 is 1.62 bits per heavy atom. The zero-order chi connectivity index (χ0) is 9.52. The van der Waals surface area contributed by atoms with Gasteiger partial charge in [-0.05, 0) is 35.4 Å². The van der Waals surface area contributed by atoms with E-state index in [9.17, 15) is 4.79 Å². The van der Waals surface area contributed by atoms with Crippen LogP contribution in [0.3, 0.4) is 0 Å². The topological polar surface area (TPSA) is 49.3 Å². The lowest BCUT2D eigenvalue weighted by molar-refractivity contribution is -0.137. The number of carbonyl (C=O) groups is 1. The number of rotatable bonds is 6. The maximum Gasteiger partial charge on any atom is 0.303 e. The van der Waals surface area contributed by atoms with Gasteiger partial charge in [-0.2, -0.15) is 11.3 Å². The molecule has 1 rings (SSSR count). The lowest BCUT2D eigenvalue weighted by Gasteiger charge is -2.00. The number of carboxylic acids is 1. The molecule has 1 aromatic rings. The summed E-state index contributed by atoms with van der Waals surface area (Å²) in [5.74, 6) is -0.725. The molecule has 0 bridgehead atoms. The summed E-state index contributed by atoms with van der Waals surface area (Å²) in [6.07, 6.45) is 0.941. The van der Waals surface area contributed by atoms with Crippen molar-refractivity contribution in [1.29, 1.82) is 0 Å². The number of hydrogen-bond acceptors (Lipinski definition) is 3. The lowest BCUT2D eigenvalue weighted by atomic mass is 10.3. The van der Waals surface area contributed by atoms with Crippen LogP contribution in [0.15, 0.2) is 16.8 Å². The summed E-state index contributed by atoms with van der Waals surface area (Å²) in [7, 11) is 0. The normalized spacial score (nSPS) is 10.2. The van der Waals surface area contributed by atoms with Crippen LogP contribution in [-0.2, 0) is 11.3 Å². The molecule has 72 valence electrons. The molecule has 13 heavy (non-hydrogen) atoms. The molecule has 0 unspecified atom stereocenters. The van der Waals surface area contributed by atoms with E-state index in [2.05, 4.69) is 16.8 Å². The van der Waals surface area contributed by atoms with Gasteiger partial charge in [0.05, 0.1) is 0 Å². The van der Waals surface area contributed by atoms with E-state index in [1.165, 1.54) is 5.56 Å². The monoisotopic (exact) mass is 199 g/mol. The number of aliphatic carboxylic acids is 1. The molecule has 0 amide bonds. The molecule has 0 saturated carbocycles. The largest absolute Gasteiger partial charge is 0.481 e. The SMILES string of the molecule is O=C(O)CCCNCc1ccsc1. The fraction of sp³-hybridized carbons (Fsp3) is 0.444. The first-order valence-electron chi connectivity index (χ1n) is 4.22. The molecule has 0 aromatic carbocycles. The van der Waals surface area contributed by atoms with Gasteiger partial charge in [-0.1, -0.05) is 0 Å². The van der Waals surface area contributed by atoms with Crippen LogP contribution >= 0.6 is 11.3 Å². The highest BCUT2D eigenvalue weighted by Gasteiger charge is 1.96. The first kappa shape index (κ1) is 10.2. The number of hydrogen-bond donors (Lipinski definition) is 2. The van der Waals surface area contributed by atoms with E-state index in [0.29, 0.717) is 6.42 Å². The summed E-state index contributed by atoms with van der Waals surface area (Å²) in [6, 6.07) is 2.06. The predicted molar refractivity (Wildman–Crippen MR) is 52.9 cm³/mol. The molecule has 0 aliphatic carbocycles. The van der Waals surface area contributed by atoms with E-state index in [1.807, 2.05) is 5.38 Å². The van der Waals surface area contributed by atoms with Crippen LogP contribution < -0.4 is 5.32 Å². The van der Waals surface area contributed by atoms with Gasteiger partial charge >= 0.3 is 5.97 Å². The minimum absolute atomic E-state index is 0.247. The van der Waals surface area contributed by atoms with Crippen molar-refractivity contribution in [1.82, 2.24) is 5.32 Å². The second-order valence-electron chi connectivity index (χ2n) is 2.81. The molecular formula is C9H13NO2S. The van der Waals surface area contributed by atoms with E-state index < -0.39 is 5.97 Å². The van der Waals surface area contributed by atoms with Crippen LogP contribution in [0.5, 0.6) is 0 Å². The van der Waals surface area contributed by atoms with E-state index in [0.717, 1.165) is 13.1 Å². The zero-order valence-electron chi connectivity index (χ0n) is 7.32. The van der Waals surface area contributed by atoms with Gasteiger partial charge in [-0.3, -0.25) is 4.79 Å². The van der Waals surface area contributed by atoms with Crippen molar-refractivity contribution in [2.75, 3.05) is 6.54 Å². The maximum absolute atomic E-state index is 10.2. The second kappa shape index (κ2) is 5.72. The van der Waals surface area contributed by atoms with Crippen LogP contribution in [-0.4, -0.2) is 17.6 Å². The molecule has 2 N–H and O–H groups in total. The van der Waals surface area contributed by atoms with Crippen LogP contribution in [0, 0.1) is 0 Å². The van der Waals surface area contributed by atoms with Gasteiger partial charge < -0.3 is 10.4 Å². The summed E-state index contributed by atoms with van der Waals surface area (Å²) in [4.78, 5) is 10.2. The van der Waals surface area contributed by atoms with Crippen molar-refractivity contribution in [2.24, 2.45) is 0 Å². The van der Waals surface area contributed by atoms with Gasteiger partial charge in [0.1, 0.15) is 0 Å². The molecule has 0 atom stereocenters. The summed E-state index contributed by atoms with van der Waals surface area (Å²) in [5, 5.41) is 15.7. The Bertz CT molecular complexity index is 246. The maximum atomic E-state index is 10.2. The third kappa shape index (κ3) is 4.65. The van der Waals surface area contributed by atoms with Gasteiger partial charge in [-0.25, -0.2) is 0 Å². The average molecular weight is 199 g/mol. The zero-order valence-corrected chi connectivity index (χ0v) is 8.14. The van der Waals surface area contributed by atoms with Crippen molar-refractivity contribution in [2.45, 2.75) is 19.4 Å². The Hall–Kier alpha value is -0.870. The smallest absolute Gasteiger partial charge is 0.303 e. The highest BCUT2D eigenvalue weighted by molar-refractivity contribution is 7.07. The van der Waals surface area contributed by atoms with Crippen molar-refractivity contribution < 1.29 is 9.90 Å². The van der Waals surface area contributed by atoms with Crippen molar-refractivity contribution in [3.05, 3.63) is 22.4 Å². The van der Waals surface area contributed by atoms with E-state index in [1.54, 1.807) is 11.3 Å². The molecule has 1 aromatic heterocycles. The quantitative estimate of drug-likeness (QED) is 0.686. The molecule has 0 aliphatic rings. The van der Waals surface area contributed by atoms with Crippen molar-refractivity contribution in [3.8, 4) is 0 Å². The summed E-state index contributed by atoms with van der Waals surface area (Å²) < 4.78 is 0. The predicted octanol–water partition coefficient (Wildman–Crippen LogP) is 1.70. The van der Waals surface area contributed by atoms with Crippen molar-refractivity contribution >= 4 is 17.3 Å². The summed E-state index contributed by atoms with van der Waals surface area (Å²) in [6.45, 7) is 1.60. The van der Waals surface area contributed by atoms with Gasteiger partial charge in [0.25, 0.3) is 0 Å². The van der Waals surface area contributed by atoms with E-state index in [-0.39, 0.29) is 6.42 Å². The molecule has 0 aliphatic heterocycles. The third-order valence-corrected chi connectivity index (χ3v) is 2.39. The average Bonchev–Trinajstić information content (AvgIpc) is 2.55. The Morgan fingerprint density at radius 2 is 2.46 bits per heavy atom. The highest BCUT2D eigenvalue weighted by atomic mass is 32.1. The Morgan fingerprint density at radius 3 is 3.08 bits per heavy atom. The van der Waals surface area contributed by atoms with Crippen LogP contribution in [0.25, 0.3) is 0 Å². The minimum atomic E-state index is -0.725. The van der Waals surface area contributed by atoms with Crippen LogP contribution in [0.2, 0.25) is 0 Å². The Kier molecular flexibility index (Phi) is 4.49. The van der Waals surface area contributed by atoms with E-state index in [4.69, 9.17) is 5.11 Å². The van der Waals surface area contributed by atoms with Crippen LogP contribution in [0.4, 0.5) is 0 Å². The molecule has 4 heteroatoms. The number of thiophene rings is 1. The molecule has 1 heterocycles. The van der Waals surface area contributed by atoms with Gasteiger partial charge in [-0.15, -0.1) is 0 Å². The molecule has 0 spiro atoms. The van der Waals surface area contributed by atoms with E-state index >= 15 is 0 Å². The molecule has 0 fully saturated rings. The first-order valence-corrected chi connectivity index (χ1v) is 5.17. The van der Waals surface area contributed by atoms with Crippen LogP contribution in [0.1, 0.15) is 18.4 Å². The third-order valence-electron chi connectivity index (χ3n) is 1.65. The molecule has 0 saturated heterocycles. The molecule has 3 nitrogen and oxygen atoms in total. The van der Waals surface area contributed by atoms with Gasteiger partial charge in [0.2, 0.25) is 0 Å².